The van der Waals surface area contributed by atoms with Crippen molar-refractivity contribution < 1.29 is 9.53 Å². The van der Waals surface area contributed by atoms with Crippen molar-refractivity contribution >= 4 is 29.1 Å². The van der Waals surface area contributed by atoms with Crippen LogP contribution in [0.3, 0.4) is 0 Å². The zero-order valence-corrected chi connectivity index (χ0v) is 12.2. The number of alkyl halides is 1. The molecule has 1 rings (SSSR count). The fourth-order valence-electron chi connectivity index (χ4n) is 1.49. The quantitative estimate of drug-likeness (QED) is 0.845. The molecule has 0 aliphatic carbocycles. The largest absolute Gasteiger partial charge is 0.496 e. The SMILES string of the molecule is COc1ccc(Cl)cc1C(=O)NC(CCl)C(C)C. The smallest absolute Gasteiger partial charge is 0.255 e. The molecule has 3 nitrogen and oxygen atoms in total. The van der Waals surface area contributed by atoms with Crippen LogP contribution in [0, 0.1) is 5.92 Å². The Morgan fingerprint density at radius 1 is 1.44 bits per heavy atom. The van der Waals surface area contributed by atoms with Crippen molar-refractivity contribution in [2.75, 3.05) is 13.0 Å². The van der Waals surface area contributed by atoms with E-state index in [0.717, 1.165) is 0 Å². The summed E-state index contributed by atoms with van der Waals surface area (Å²) in [7, 11) is 1.52. The van der Waals surface area contributed by atoms with Crippen LogP contribution in [0.5, 0.6) is 5.75 Å². The Kier molecular flexibility index (Phi) is 5.76. The zero-order valence-electron chi connectivity index (χ0n) is 10.7. The van der Waals surface area contributed by atoms with Crippen LogP contribution in [0.2, 0.25) is 5.02 Å². The van der Waals surface area contributed by atoms with Crippen molar-refractivity contribution in [2.45, 2.75) is 19.9 Å². The van der Waals surface area contributed by atoms with E-state index < -0.39 is 0 Å². The maximum absolute atomic E-state index is 12.1. The van der Waals surface area contributed by atoms with Gasteiger partial charge in [0.05, 0.1) is 12.7 Å². The summed E-state index contributed by atoms with van der Waals surface area (Å²) >= 11 is 11.7. The summed E-state index contributed by atoms with van der Waals surface area (Å²) in [6.45, 7) is 4.01. The van der Waals surface area contributed by atoms with Crippen molar-refractivity contribution in [1.29, 1.82) is 0 Å². The average molecular weight is 290 g/mol. The summed E-state index contributed by atoms with van der Waals surface area (Å²) in [5, 5.41) is 3.37. The molecule has 0 bridgehead atoms. The highest BCUT2D eigenvalue weighted by Gasteiger charge is 2.19. The number of amides is 1. The second-order valence-corrected chi connectivity index (χ2v) is 5.07. The molecule has 0 radical (unpaired) electrons. The number of methoxy groups -OCH3 is 1. The third-order valence-corrected chi connectivity index (χ3v) is 3.26. The van der Waals surface area contributed by atoms with Crippen LogP contribution in [0.1, 0.15) is 24.2 Å². The lowest BCUT2D eigenvalue weighted by Gasteiger charge is -2.20. The molecule has 18 heavy (non-hydrogen) atoms. The minimum atomic E-state index is -0.228. The van der Waals surface area contributed by atoms with Gasteiger partial charge < -0.3 is 10.1 Å². The van der Waals surface area contributed by atoms with E-state index in [4.69, 9.17) is 27.9 Å². The lowest BCUT2D eigenvalue weighted by atomic mass is 10.1. The lowest BCUT2D eigenvalue weighted by Crippen LogP contribution is -2.40. The van der Waals surface area contributed by atoms with Crippen LogP contribution in [0.4, 0.5) is 0 Å². The number of ether oxygens (including phenoxy) is 1. The van der Waals surface area contributed by atoms with E-state index in [1.165, 1.54) is 7.11 Å². The summed E-state index contributed by atoms with van der Waals surface area (Å²) < 4.78 is 5.14. The van der Waals surface area contributed by atoms with Crippen molar-refractivity contribution in [3.8, 4) is 5.75 Å². The monoisotopic (exact) mass is 289 g/mol. The maximum Gasteiger partial charge on any atom is 0.255 e. The molecule has 0 aliphatic heterocycles. The summed E-state index contributed by atoms with van der Waals surface area (Å²) in [6.07, 6.45) is 0. The fourth-order valence-corrected chi connectivity index (χ4v) is 2.09. The van der Waals surface area contributed by atoms with Crippen LogP contribution >= 0.6 is 23.2 Å². The van der Waals surface area contributed by atoms with Crippen molar-refractivity contribution in [3.63, 3.8) is 0 Å². The van der Waals surface area contributed by atoms with E-state index in [2.05, 4.69) is 5.32 Å². The van der Waals surface area contributed by atoms with E-state index in [1.807, 2.05) is 13.8 Å². The highest BCUT2D eigenvalue weighted by Crippen LogP contribution is 2.22. The number of halogens is 2. The molecule has 0 heterocycles. The van der Waals surface area contributed by atoms with Gasteiger partial charge in [0.25, 0.3) is 5.91 Å². The first kappa shape index (κ1) is 15.1. The molecule has 1 aromatic carbocycles. The molecule has 100 valence electrons. The average Bonchev–Trinajstić information content (AvgIpc) is 2.35. The molecular formula is C13H17Cl2NO2. The Hall–Kier alpha value is -0.930. The van der Waals surface area contributed by atoms with Crippen LogP contribution in [-0.4, -0.2) is 24.9 Å². The molecule has 1 N–H and O–H groups in total. The van der Waals surface area contributed by atoms with Gasteiger partial charge in [-0.05, 0) is 24.1 Å². The topological polar surface area (TPSA) is 38.3 Å². The Morgan fingerprint density at radius 2 is 2.11 bits per heavy atom. The summed E-state index contributed by atoms with van der Waals surface area (Å²) in [5.41, 5.74) is 0.417. The predicted molar refractivity (Wildman–Crippen MR) is 74.8 cm³/mol. The molecule has 0 aliphatic rings. The minimum absolute atomic E-state index is 0.0807. The van der Waals surface area contributed by atoms with Gasteiger partial charge in [0.2, 0.25) is 0 Å². The normalized spacial score (nSPS) is 12.3. The minimum Gasteiger partial charge on any atom is -0.496 e. The first-order valence-electron chi connectivity index (χ1n) is 5.70. The van der Waals surface area contributed by atoms with E-state index in [0.29, 0.717) is 22.2 Å². The molecule has 1 aromatic rings. The van der Waals surface area contributed by atoms with Crippen molar-refractivity contribution in [1.82, 2.24) is 5.32 Å². The number of carbonyl (C=O) groups excluding carboxylic acids is 1. The van der Waals surface area contributed by atoms with Crippen LogP contribution in [0.15, 0.2) is 18.2 Å². The van der Waals surface area contributed by atoms with Gasteiger partial charge in [-0.2, -0.15) is 0 Å². The molecule has 0 saturated carbocycles. The van der Waals surface area contributed by atoms with Crippen LogP contribution in [0.25, 0.3) is 0 Å². The molecule has 1 amide bonds. The highest BCUT2D eigenvalue weighted by molar-refractivity contribution is 6.31. The Bertz CT molecular complexity index is 421. The van der Waals surface area contributed by atoms with Gasteiger partial charge in [-0.15, -0.1) is 11.6 Å². The number of carbonyl (C=O) groups is 1. The first-order valence-corrected chi connectivity index (χ1v) is 6.61. The number of hydrogen-bond acceptors (Lipinski definition) is 2. The molecule has 1 unspecified atom stereocenters. The van der Waals surface area contributed by atoms with Gasteiger partial charge in [-0.25, -0.2) is 0 Å². The molecule has 1 atom stereocenters. The highest BCUT2D eigenvalue weighted by atomic mass is 35.5. The fraction of sp³-hybridized carbons (Fsp3) is 0.462. The standard InChI is InChI=1S/C13H17Cl2NO2/c1-8(2)11(7-14)16-13(17)10-6-9(15)4-5-12(10)18-3/h4-6,8,11H,7H2,1-3H3,(H,16,17). The second kappa shape index (κ2) is 6.86. The number of nitrogens with one attached hydrogen (secondary N) is 1. The molecule has 0 spiro atoms. The Morgan fingerprint density at radius 3 is 2.61 bits per heavy atom. The molecule has 0 saturated heterocycles. The van der Waals surface area contributed by atoms with Gasteiger partial charge in [-0.1, -0.05) is 25.4 Å². The summed E-state index contributed by atoms with van der Waals surface area (Å²) in [5.74, 6) is 0.894. The van der Waals surface area contributed by atoms with Crippen LogP contribution in [-0.2, 0) is 0 Å². The second-order valence-electron chi connectivity index (χ2n) is 4.32. The van der Waals surface area contributed by atoms with Gasteiger partial charge >= 0.3 is 0 Å². The molecule has 5 heteroatoms. The van der Waals surface area contributed by atoms with Gasteiger partial charge in [0.15, 0.2) is 0 Å². The van der Waals surface area contributed by atoms with E-state index in [-0.39, 0.29) is 17.9 Å². The van der Waals surface area contributed by atoms with Crippen molar-refractivity contribution in [3.05, 3.63) is 28.8 Å². The van der Waals surface area contributed by atoms with E-state index in [9.17, 15) is 4.79 Å². The first-order chi connectivity index (χ1) is 8.49. The Labute approximate surface area is 117 Å². The molecule has 0 fully saturated rings. The maximum atomic E-state index is 12.1. The molecule has 0 aromatic heterocycles. The summed E-state index contributed by atoms with van der Waals surface area (Å²) in [6, 6.07) is 4.85. The molecular weight excluding hydrogens is 273 g/mol. The Balaban J connectivity index is 2.92. The third kappa shape index (κ3) is 3.79. The van der Waals surface area contributed by atoms with Crippen molar-refractivity contribution in [2.24, 2.45) is 5.92 Å². The van der Waals surface area contributed by atoms with E-state index in [1.54, 1.807) is 18.2 Å². The van der Waals surface area contributed by atoms with E-state index >= 15 is 0 Å². The summed E-state index contributed by atoms with van der Waals surface area (Å²) in [4.78, 5) is 12.1. The van der Waals surface area contributed by atoms with Gasteiger partial charge in [0, 0.05) is 16.9 Å². The van der Waals surface area contributed by atoms with Gasteiger partial charge in [0.1, 0.15) is 5.75 Å². The third-order valence-electron chi connectivity index (χ3n) is 2.69. The number of hydrogen-bond donors (Lipinski definition) is 1. The van der Waals surface area contributed by atoms with Gasteiger partial charge in [-0.3, -0.25) is 4.79 Å². The zero-order chi connectivity index (χ0) is 13.7. The number of benzene rings is 1. The lowest BCUT2D eigenvalue weighted by molar-refractivity contribution is 0.0928. The predicted octanol–water partition coefficient (Wildman–Crippen LogP) is 3.34. The van der Waals surface area contributed by atoms with Crippen LogP contribution < -0.4 is 10.1 Å². The number of rotatable bonds is 5.